The Morgan fingerprint density at radius 2 is 1.82 bits per heavy atom. The molecular formula is C16H30N2O3S. The fraction of sp³-hybridized carbons (Fsp3) is 0.938. The third-order valence-corrected chi connectivity index (χ3v) is 6.78. The molecule has 2 N–H and O–H groups in total. The van der Waals surface area contributed by atoms with Crippen molar-refractivity contribution in [1.82, 2.24) is 10.0 Å². The van der Waals surface area contributed by atoms with Gasteiger partial charge in [-0.25, -0.2) is 13.1 Å². The summed E-state index contributed by atoms with van der Waals surface area (Å²) in [6.45, 7) is 3.44. The average Bonchev–Trinajstić information content (AvgIpc) is 2.47. The van der Waals surface area contributed by atoms with Crippen LogP contribution in [-0.2, 0) is 14.8 Å². The van der Waals surface area contributed by atoms with Gasteiger partial charge in [0.25, 0.3) is 0 Å². The molecule has 1 amide bonds. The van der Waals surface area contributed by atoms with Crippen molar-refractivity contribution in [3.05, 3.63) is 0 Å². The molecule has 2 fully saturated rings. The van der Waals surface area contributed by atoms with E-state index in [2.05, 4.69) is 10.0 Å². The zero-order valence-corrected chi connectivity index (χ0v) is 14.6. The number of nitrogens with one attached hydrogen (secondary N) is 2. The lowest BCUT2D eigenvalue weighted by molar-refractivity contribution is -0.124. The number of sulfonamides is 1. The van der Waals surface area contributed by atoms with E-state index < -0.39 is 16.1 Å². The first kappa shape index (κ1) is 17.7. The van der Waals surface area contributed by atoms with Crippen LogP contribution in [0.15, 0.2) is 0 Å². The standard InChI is InChI=1S/C16H30N2O3S/c1-3-11-22(20,21)18-12(2)16(19)17-15-10-6-8-13-7-4-5-9-14(13)15/h12-15,18H,3-11H2,1-2H3,(H,17,19). The highest BCUT2D eigenvalue weighted by Gasteiger charge is 2.36. The van der Waals surface area contributed by atoms with E-state index in [1.54, 1.807) is 6.92 Å². The van der Waals surface area contributed by atoms with Gasteiger partial charge < -0.3 is 5.32 Å². The quantitative estimate of drug-likeness (QED) is 0.784. The number of fused-ring (bicyclic) bond motifs is 1. The van der Waals surface area contributed by atoms with Crippen LogP contribution in [0.2, 0.25) is 0 Å². The maximum atomic E-state index is 12.3. The Hall–Kier alpha value is -0.620. The van der Waals surface area contributed by atoms with Gasteiger partial charge in [-0.1, -0.05) is 39.0 Å². The summed E-state index contributed by atoms with van der Waals surface area (Å²) >= 11 is 0. The highest BCUT2D eigenvalue weighted by molar-refractivity contribution is 7.89. The van der Waals surface area contributed by atoms with Crippen LogP contribution in [0.25, 0.3) is 0 Å². The highest BCUT2D eigenvalue weighted by atomic mass is 32.2. The lowest BCUT2D eigenvalue weighted by Gasteiger charge is -2.42. The summed E-state index contributed by atoms with van der Waals surface area (Å²) in [6, 6.07) is -0.467. The summed E-state index contributed by atoms with van der Waals surface area (Å²) in [4.78, 5) is 12.3. The van der Waals surface area contributed by atoms with Gasteiger partial charge in [0, 0.05) is 6.04 Å². The molecule has 22 heavy (non-hydrogen) atoms. The van der Waals surface area contributed by atoms with Gasteiger partial charge in [-0.05, 0) is 38.0 Å². The van der Waals surface area contributed by atoms with Crippen LogP contribution in [0.4, 0.5) is 0 Å². The minimum atomic E-state index is -3.35. The van der Waals surface area contributed by atoms with Gasteiger partial charge in [0.15, 0.2) is 0 Å². The van der Waals surface area contributed by atoms with Gasteiger partial charge in [0.1, 0.15) is 0 Å². The Morgan fingerprint density at radius 1 is 1.14 bits per heavy atom. The molecule has 0 heterocycles. The van der Waals surface area contributed by atoms with E-state index in [4.69, 9.17) is 0 Å². The molecular weight excluding hydrogens is 300 g/mol. The van der Waals surface area contributed by atoms with Crippen LogP contribution in [0.3, 0.4) is 0 Å². The topological polar surface area (TPSA) is 75.3 Å². The van der Waals surface area contributed by atoms with Crippen LogP contribution in [-0.4, -0.2) is 32.2 Å². The summed E-state index contributed by atoms with van der Waals surface area (Å²) in [5.74, 6) is 1.22. The van der Waals surface area contributed by atoms with E-state index in [-0.39, 0.29) is 17.7 Å². The van der Waals surface area contributed by atoms with E-state index in [1.807, 2.05) is 6.92 Å². The van der Waals surface area contributed by atoms with Crippen molar-refractivity contribution in [3.63, 3.8) is 0 Å². The number of carbonyl (C=O) groups is 1. The second-order valence-corrected chi connectivity index (χ2v) is 8.79. The maximum absolute atomic E-state index is 12.3. The molecule has 2 aliphatic rings. The number of amides is 1. The predicted octanol–water partition coefficient (Wildman–Crippen LogP) is 2.18. The molecule has 2 saturated carbocycles. The van der Waals surface area contributed by atoms with Gasteiger partial charge in [-0.2, -0.15) is 0 Å². The van der Waals surface area contributed by atoms with Gasteiger partial charge >= 0.3 is 0 Å². The fourth-order valence-corrected chi connectivity index (χ4v) is 5.38. The zero-order valence-electron chi connectivity index (χ0n) is 13.8. The molecule has 5 nitrogen and oxygen atoms in total. The number of carbonyl (C=O) groups excluding carboxylic acids is 1. The third-order valence-electron chi connectivity index (χ3n) is 5.12. The lowest BCUT2D eigenvalue weighted by atomic mass is 9.68. The molecule has 2 aliphatic carbocycles. The predicted molar refractivity (Wildman–Crippen MR) is 87.9 cm³/mol. The molecule has 0 aromatic carbocycles. The molecule has 4 unspecified atom stereocenters. The van der Waals surface area contributed by atoms with Crippen molar-refractivity contribution in [1.29, 1.82) is 0 Å². The van der Waals surface area contributed by atoms with Crippen molar-refractivity contribution < 1.29 is 13.2 Å². The van der Waals surface area contributed by atoms with Crippen molar-refractivity contribution >= 4 is 15.9 Å². The summed E-state index contributed by atoms with van der Waals surface area (Å²) in [6.07, 6.45) is 9.09. The molecule has 0 saturated heterocycles. The fourth-order valence-electron chi connectivity index (χ4n) is 4.08. The normalized spacial score (nSPS) is 30.4. The third kappa shape index (κ3) is 4.69. The van der Waals surface area contributed by atoms with E-state index in [9.17, 15) is 13.2 Å². The number of hydrogen-bond acceptors (Lipinski definition) is 3. The second-order valence-electron chi connectivity index (χ2n) is 6.91. The molecule has 0 radical (unpaired) electrons. The molecule has 6 heteroatoms. The van der Waals surface area contributed by atoms with Crippen LogP contribution in [0.1, 0.15) is 65.2 Å². The molecule has 128 valence electrons. The van der Waals surface area contributed by atoms with Crippen LogP contribution >= 0.6 is 0 Å². The number of hydrogen-bond donors (Lipinski definition) is 2. The number of rotatable bonds is 6. The average molecular weight is 330 g/mol. The molecule has 4 atom stereocenters. The van der Waals surface area contributed by atoms with E-state index >= 15 is 0 Å². The zero-order chi connectivity index (χ0) is 16.2. The molecule has 0 bridgehead atoms. The largest absolute Gasteiger partial charge is 0.352 e. The lowest BCUT2D eigenvalue weighted by Crippen LogP contribution is -2.52. The van der Waals surface area contributed by atoms with E-state index in [0.29, 0.717) is 12.3 Å². The summed E-state index contributed by atoms with van der Waals surface area (Å²) in [5.41, 5.74) is 0. The Kier molecular flexibility index (Phi) is 6.26. The van der Waals surface area contributed by atoms with Crippen LogP contribution < -0.4 is 10.0 Å². The monoisotopic (exact) mass is 330 g/mol. The first-order valence-corrected chi connectivity index (χ1v) is 10.4. The van der Waals surface area contributed by atoms with Crippen molar-refractivity contribution in [3.8, 4) is 0 Å². The second kappa shape index (κ2) is 7.77. The Morgan fingerprint density at radius 3 is 2.55 bits per heavy atom. The highest BCUT2D eigenvalue weighted by Crippen LogP contribution is 2.40. The first-order chi connectivity index (χ1) is 10.4. The van der Waals surface area contributed by atoms with Crippen LogP contribution in [0, 0.1) is 11.8 Å². The molecule has 0 aliphatic heterocycles. The SMILES string of the molecule is CCCS(=O)(=O)NC(C)C(=O)NC1CCCC2CCCCC21. The van der Waals surface area contributed by atoms with E-state index in [1.165, 1.54) is 38.5 Å². The van der Waals surface area contributed by atoms with E-state index in [0.717, 1.165) is 12.3 Å². The minimum absolute atomic E-state index is 0.0682. The summed E-state index contributed by atoms with van der Waals surface area (Å²) in [5, 5.41) is 3.12. The van der Waals surface area contributed by atoms with Crippen molar-refractivity contribution in [2.24, 2.45) is 11.8 Å². The molecule has 0 spiro atoms. The van der Waals surface area contributed by atoms with Gasteiger partial charge in [0.05, 0.1) is 11.8 Å². The van der Waals surface area contributed by atoms with Gasteiger partial charge in [0.2, 0.25) is 15.9 Å². The minimum Gasteiger partial charge on any atom is -0.352 e. The summed E-state index contributed by atoms with van der Waals surface area (Å²) < 4.78 is 26.0. The molecule has 0 aromatic rings. The van der Waals surface area contributed by atoms with Gasteiger partial charge in [-0.15, -0.1) is 0 Å². The van der Waals surface area contributed by atoms with Crippen LogP contribution in [0.5, 0.6) is 0 Å². The Bertz CT molecular complexity index is 476. The summed E-state index contributed by atoms with van der Waals surface area (Å²) in [7, 11) is -3.35. The maximum Gasteiger partial charge on any atom is 0.238 e. The van der Waals surface area contributed by atoms with Crippen molar-refractivity contribution in [2.45, 2.75) is 77.3 Å². The molecule has 2 rings (SSSR count). The van der Waals surface area contributed by atoms with Gasteiger partial charge in [-0.3, -0.25) is 4.79 Å². The Balaban J connectivity index is 1.90. The smallest absolute Gasteiger partial charge is 0.238 e. The Labute approximate surface area is 134 Å². The van der Waals surface area contributed by atoms with Crippen molar-refractivity contribution in [2.75, 3.05) is 5.75 Å². The molecule has 0 aromatic heterocycles. The first-order valence-electron chi connectivity index (χ1n) is 8.73.